The molecule has 0 aliphatic carbocycles. The number of anilines is 2. The topological polar surface area (TPSA) is 91.4 Å². The van der Waals surface area contributed by atoms with Crippen LogP contribution >= 0.6 is 11.8 Å². The molecule has 0 aromatic heterocycles. The van der Waals surface area contributed by atoms with Crippen LogP contribution in [0.1, 0.15) is 50.7 Å². The molecule has 0 saturated heterocycles. The van der Waals surface area contributed by atoms with Crippen LogP contribution in [0.25, 0.3) is 0 Å². The van der Waals surface area contributed by atoms with E-state index in [1.807, 2.05) is 35.3 Å². The molecule has 0 amide bonds. The van der Waals surface area contributed by atoms with Crippen molar-refractivity contribution in [1.82, 2.24) is 0 Å². The monoisotopic (exact) mass is 513 g/mol. The van der Waals surface area contributed by atoms with Crippen LogP contribution in [0, 0.1) is 10.1 Å². The lowest BCUT2D eigenvalue weighted by Crippen LogP contribution is -2.56. The number of hydrogen-bond acceptors (Lipinski definition) is 8. The summed E-state index contributed by atoms with van der Waals surface area (Å²) in [4.78, 5) is 23.1. The number of nitro benzene ring substituents is 1. The molecule has 0 fully saturated rings. The van der Waals surface area contributed by atoms with Gasteiger partial charge in [-0.1, -0.05) is 68.4 Å². The Hall–Kier alpha value is -3.98. The Morgan fingerprint density at radius 3 is 2.30 bits per heavy atom. The molecular weight excluding hydrogens is 486 g/mol. The van der Waals surface area contributed by atoms with E-state index in [0.717, 1.165) is 17.0 Å². The molecule has 5 rings (SSSR count). The van der Waals surface area contributed by atoms with Crippen molar-refractivity contribution in [2.75, 3.05) is 10.0 Å². The summed E-state index contributed by atoms with van der Waals surface area (Å²) in [5.41, 5.74) is 4.22. The Morgan fingerprint density at radius 2 is 1.65 bits per heavy atom. The number of ketones is 1. The lowest BCUT2D eigenvalue weighted by Gasteiger charge is -2.46. The molecule has 0 bridgehead atoms. The molecule has 0 unspecified atom stereocenters. The van der Waals surface area contributed by atoms with Crippen molar-refractivity contribution in [2.45, 2.75) is 44.5 Å². The fraction of sp³-hybridized carbons (Fsp3) is 0.250. The molecular formula is C28H27N5O3S. The van der Waals surface area contributed by atoms with E-state index in [2.05, 4.69) is 43.2 Å². The first-order valence-corrected chi connectivity index (χ1v) is 13.0. The average Bonchev–Trinajstić information content (AvgIpc) is 3.29. The number of carbonyl (C=O) groups excluding carboxylic acids is 1. The van der Waals surface area contributed by atoms with Crippen molar-refractivity contribution in [1.29, 1.82) is 0 Å². The van der Waals surface area contributed by atoms with Gasteiger partial charge in [-0.2, -0.15) is 10.2 Å². The maximum atomic E-state index is 12.5. The van der Waals surface area contributed by atoms with Crippen LogP contribution in [0.2, 0.25) is 0 Å². The van der Waals surface area contributed by atoms with Crippen LogP contribution in [-0.4, -0.2) is 26.5 Å². The third-order valence-corrected chi connectivity index (χ3v) is 7.98. The van der Waals surface area contributed by atoms with Crippen molar-refractivity contribution in [3.8, 4) is 0 Å². The van der Waals surface area contributed by atoms with Gasteiger partial charge >= 0.3 is 0 Å². The standard InChI is InChI=1S/C28H27N5O3S/c1-19(2)21-13-15-22(16-14-21)24-17-18-28(31(29-24)23-9-5-4-6-10-23)32(30-27(37-28)20(3)34)25-11-7-8-12-26(25)33(35)36/h4-16,19H,17-18H2,1-3H3/t28-/m0/s1. The molecule has 3 aromatic carbocycles. The number of thioether (sulfide) groups is 1. The number of hydrazone groups is 2. The summed E-state index contributed by atoms with van der Waals surface area (Å²) >= 11 is 1.29. The van der Waals surface area contributed by atoms with Gasteiger partial charge in [-0.25, -0.2) is 10.0 Å². The van der Waals surface area contributed by atoms with E-state index in [4.69, 9.17) is 5.10 Å². The Labute approximate surface area is 219 Å². The van der Waals surface area contributed by atoms with Crippen molar-refractivity contribution in [2.24, 2.45) is 10.2 Å². The highest BCUT2D eigenvalue weighted by atomic mass is 32.2. The minimum absolute atomic E-state index is 0.0805. The lowest BCUT2D eigenvalue weighted by atomic mass is 9.97. The summed E-state index contributed by atoms with van der Waals surface area (Å²) in [5, 5.41) is 25.5. The first kappa shape index (κ1) is 24.7. The van der Waals surface area contributed by atoms with E-state index >= 15 is 0 Å². The van der Waals surface area contributed by atoms with Gasteiger partial charge in [-0.3, -0.25) is 14.9 Å². The molecule has 37 heavy (non-hydrogen) atoms. The van der Waals surface area contributed by atoms with Gasteiger partial charge < -0.3 is 0 Å². The fourth-order valence-corrected chi connectivity index (χ4v) is 5.82. The summed E-state index contributed by atoms with van der Waals surface area (Å²) < 4.78 is 0. The third kappa shape index (κ3) is 4.51. The Morgan fingerprint density at radius 1 is 0.973 bits per heavy atom. The van der Waals surface area contributed by atoms with Gasteiger partial charge in [0.15, 0.2) is 10.8 Å². The lowest BCUT2D eigenvalue weighted by molar-refractivity contribution is -0.384. The van der Waals surface area contributed by atoms with Crippen LogP contribution in [0.3, 0.4) is 0 Å². The third-order valence-electron chi connectivity index (χ3n) is 6.54. The summed E-state index contributed by atoms with van der Waals surface area (Å²) in [6.45, 7) is 5.79. The first-order chi connectivity index (χ1) is 17.8. The molecule has 1 spiro atoms. The number of nitro groups is 1. The largest absolute Gasteiger partial charge is 0.294 e. The molecule has 0 saturated carbocycles. The summed E-state index contributed by atoms with van der Waals surface area (Å²) in [5.74, 6) is 0.233. The Balaban J connectivity index is 1.67. The van der Waals surface area contributed by atoms with Crippen LogP contribution in [0.15, 0.2) is 89.1 Å². The summed E-state index contributed by atoms with van der Waals surface area (Å²) in [6, 6.07) is 24.6. The van der Waals surface area contributed by atoms with E-state index in [9.17, 15) is 14.9 Å². The number of benzene rings is 3. The molecule has 0 N–H and O–H groups in total. The zero-order valence-corrected chi connectivity index (χ0v) is 21.7. The zero-order valence-electron chi connectivity index (χ0n) is 20.9. The molecule has 2 aliphatic rings. The fourth-order valence-electron chi connectivity index (χ4n) is 4.59. The normalized spacial score (nSPS) is 19.2. The number of carbonyl (C=O) groups is 1. The van der Waals surface area contributed by atoms with Gasteiger partial charge in [-0.05, 0) is 53.4 Å². The van der Waals surface area contributed by atoms with Crippen LogP contribution in [-0.2, 0) is 4.79 Å². The molecule has 0 radical (unpaired) electrons. The minimum atomic E-state index is -0.990. The number of Topliss-reactive ketones (excluding diaryl/α,β-unsaturated/α-hetero) is 1. The second kappa shape index (κ2) is 9.82. The van der Waals surface area contributed by atoms with Gasteiger partial charge in [0.05, 0.1) is 16.3 Å². The van der Waals surface area contributed by atoms with Crippen molar-refractivity contribution in [3.63, 3.8) is 0 Å². The number of rotatable bonds is 6. The van der Waals surface area contributed by atoms with Crippen molar-refractivity contribution >= 4 is 45.4 Å². The smallest absolute Gasteiger partial charge is 0.292 e. The number of hydrogen-bond donors (Lipinski definition) is 0. The van der Waals surface area contributed by atoms with Crippen LogP contribution < -0.4 is 10.0 Å². The van der Waals surface area contributed by atoms with E-state index in [-0.39, 0.29) is 11.5 Å². The van der Waals surface area contributed by atoms with Gasteiger partial charge in [0.2, 0.25) is 4.99 Å². The van der Waals surface area contributed by atoms with Crippen molar-refractivity contribution < 1.29 is 9.72 Å². The Kier molecular flexibility index (Phi) is 6.55. The van der Waals surface area contributed by atoms with Gasteiger partial charge in [0.1, 0.15) is 5.69 Å². The first-order valence-electron chi connectivity index (χ1n) is 12.2. The predicted octanol–water partition coefficient (Wildman–Crippen LogP) is 6.53. The molecule has 188 valence electrons. The average molecular weight is 514 g/mol. The van der Waals surface area contributed by atoms with Crippen LogP contribution in [0.4, 0.5) is 17.1 Å². The molecule has 1 atom stereocenters. The highest BCUT2D eigenvalue weighted by Crippen LogP contribution is 2.51. The van der Waals surface area contributed by atoms with Gasteiger partial charge in [-0.15, -0.1) is 0 Å². The molecule has 2 aliphatic heterocycles. The van der Waals surface area contributed by atoms with Crippen molar-refractivity contribution in [3.05, 3.63) is 100 Å². The highest BCUT2D eigenvalue weighted by molar-refractivity contribution is 8.17. The molecule has 9 heteroatoms. The maximum Gasteiger partial charge on any atom is 0.294 e. The van der Waals surface area contributed by atoms with E-state index in [1.54, 1.807) is 23.2 Å². The number of nitrogens with zero attached hydrogens (tertiary/aromatic N) is 5. The highest BCUT2D eigenvalue weighted by Gasteiger charge is 2.54. The molecule has 3 aromatic rings. The van der Waals surface area contributed by atoms with Gasteiger partial charge in [0.25, 0.3) is 5.69 Å². The predicted molar refractivity (Wildman–Crippen MR) is 149 cm³/mol. The second-order valence-electron chi connectivity index (χ2n) is 9.33. The molecule has 2 heterocycles. The van der Waals surface area contributed by atoms with E-state index < -0.39 is 9.92 Å². The van der Waals surface area contributed by atoms with E-state index in [0.29, 0.717) is 29.5 Å². The quantitative estimate of drug-likeness (QED) is 0.275. The van der Waals surface area contributed by atoms with Crippen LogP contribution in [0.5, 0.6) is 0 Å². The summed E-state index contributed by atoms with van der Waals surface area (Å²) in [6.07, 6.45) is 1.14. The number of para-hydroxylation sites is 3. The molecule has 8 nitrogen and oxygen atoms in total. The summed E-state index contributed by atoms with van der Waals surface area (Å²) in [7, 11) is 0. The van der Waals surface area contributed by atoms with E-state index in [1.165, 1.54) is 30.3 Å². The second-order valence-corrected chi connectivity index (χ2v) is 10.6. The zero-order chi connectivity index (χ0) is 26.2. The van der Waals surface area contributed by atoms with Gasteiger partial charge in [0, 0.05) is 19.4 Å². The SMILES string of the molecule is CC(=O)C1=NN(c2ccccc2[N+](=O)[O-])[C@@]2(CCC(c3ccc(C(C)C)cc3)=NN2c2ccccc2)S1. The Bertz CT molecular complexity index is 1400. The minimum Gasteiger partial charge on any atom is -0.292 e. The maximum absolute atomic E-state index is 12.5.